The van der Waals surface area contributed by atoms with Crippen LogP contribution in [0.25, 0.3) is 0 Å². The summed E-state index contributed by atoms with van der Waals surface area (Å²) >= 11 is 0. The lowest BCUT2D eigenvalue weighted by Crippen LogP contribution is -2.56. The second-order valence-electron chi connectivity index (χ2n) is 4.91. The minimum absolute atomic E-state index is 0.0140. The van der Waals surface area contributed by atoms with Gasteiger partial charge in [0.25, 0.3) is 0 Å². The summed E-state index contributed by atoms with van der Waals surface area (Å²) in [7, 11) is 1.65. The Kier molecular flexibility index (Phi) is 4.27. The lowest BCUT2D eigenvalue weighted by Gasteiger charge is -2.40. The van der Waals surface area contributed by atoms with Gasteiger partial charge in [0.05, 0.1) is 13.5 Å². The molecule has 1 aliphatic rings. The topological polar surface area (TPSA) is 61.8 Å². The van der Waals surface area contributed by atoms with Gasteiger partial charge in [0.1, 0.15) is 5.75 Å². The Morgan fingerprint density at radius 2 is 2.37 bits per heavy atom. The maximum Gasteiger partial charge on any atom is 0.304 e. The fourth-order valence-electron chi connectivity index (χ4n) is 2.43. The summed E-state index contributed by atoms with van der Waals surface area (Å²) in [6.45, 7) is 3.61. The summed E-state index contributed by atoms with van der Waals surface area (Å²) < 4.78 is 5.24. The number of anilines is 1. The Morgan fingerprint density at radius 3 is 3.05 bits per heavy atom. The van der Waals surface area contributed by atoms with Gasteiger partial charge in [-0.25, -0.2) is 0 Å². The monoisotopic (exact) mass is 264 g/mol. The molecule has 1 aromatic rings. The number of carboxylic acid groups (broad SMARTS) is 1. The molecule has 0 aromatic heterocycles. The zero-order chi connectivity index (χ0) is 13.8. The molecule has 0 spiro atoms. The molecule has 0 amide bonds. The average Bonchev–Trinajstić information content (AvgIpc) is 2.40. The second kappa shape index (κ2) is 5.93. The molecule has 1 fully saturated rings. The van der Waals surface area contributed by atoms with Crippen molar-refractivity contribution < 1.29 is 14.6 Å². The van der Waals surface area contributed by atoms with Gasteiger partial charge in [0.2, 0.25) is 0 Å². The van der Waals surface area contributed by atoms with E-state index in [1.54, 1.807) is 7.11 Å². The van der Waals surface area contributed by atoms with E-state index in [0.717, 1.165) is 18.0 Å². The van der Waals surface area contributed by atoms with Crippen molar-refractivity contribution in [1.82, 2.24) is 5.32 Å². The first-order valence-corrected chi connectivity index (χ1v) is 6.46. The highest BCUT2D eigenvalue weighted by Crippen LogP contribution is 2.24. The smallest absolute Gasteiger partial charge is 0.304 e. The van der Waals surface area contributed by atoms with Gasteiger partial charge in [-0.05, 0) is 19.1 Å². The maximum atomic E-state index is 10.8. The first-order chi connectivity index (χ1) is 9.10. The predicted molar refractivity (Wildman–Crippen MR) is 73.8 cm³/mol. The molecule has 0 bridgehead atoms. The van der Waals surface area contributed by atoms with Crippen molar-refractivity contribution in [3.8, 4) is 5.75 Å². The van der Waals surface area contributed by atoms with E-state index < -0.39 is 5.97 Å². The van der Waals surface area contributed by atoms with Crippen LogP contribution in [0, 0.1) is 0 Å². The Morgan fingerprint density at radius 1 is 1.58 bits per heavy atom. The van der Waals surface area contributed by atoms with Crippen molar-refractivity contribution in [3.63, 3.8) is 0 Å². The maximum absolute atomic E-state index is 10.8. The molecule has 1 aliphatic heterocycles. The molecule has 5 heteroatoms. The first-order valence-electron chi connectivity index (χ1n) is 6.46. The molecule has 0 saturated carbocycles. The van der Waals surface area contributed by atoms with Crippen molar-refractivity contribution in [1.29, 1.82) is 0 Å². The summed E-state index contributed by atoms with van der Waals surface area (Å²) in [5, 5.41) is 12.2. The summed E-state index contributed by atoms with van der Waals surface area (Å²) in [5.41, 5.74) is 1.07. The minimum atomic E-state index is -0.766. The Bertz CT molecular complexity index is 450. The number of hydrogen-bond donors (Lipinski definition) is 2. The van der Waals surface area contributed by atoms with Crippen LogP contribution in [-0.2, 0) is 4.79 Å². The summed E-state index contributed by atoms with van der Waals surface area (Å²) in [6, 6.07) is 8.19. The third-order valence-corrected chi connectivity index (χ3v) is 3.46. The molecule has 0 radical (unpaired) electrons. The average molecular weight is 264 g/mol. The number of rotatable bonds is 4. The number of nitrogens with zero attached hydrogens (tertiary/aromatic N) is 1. The Labute approximate surface area is 113 Å². The van der Waals surface area contributed by atoms with Gasteiger partial charge in [-0.1, -0.05) is 6.07 Å². The van der Waals surface area contributed by atoms with Crippen molar-refractivity contribution in [2.24, 2.45) is 0 Å². The second-order valence-corrected chi connectivity index (χ2v) is 4.91. The normalized spacial score (nSPS) is 23.2. The van der Waals surface area contributed by atoms with Crippen molar-refractivity contribution in [2.45, 2.75) is 25.4 Å². The van der Waals surface area contributed by atoms with Crippen LogP contribution in [0.2, 0.25) is 0 Å². The van der Waals surface area contributed by atoms with Crippen LogP contribution < -0.4 is 15.0 Å². The van der Waals surface area contributed by atoms with Crippen LogP contribution in [0.4, 0.5) is 5.69 Å². The highest BCUT2D eigenvalue weighted by atomic mass is 16.5. The largest absolute Gasteiger partial charge is 0.497 e. The van der Waals surface area contributed by atoms with Crippen molar-refractivity contribution >= 4 is 11.7 Å². The van der Waals surface area contributed by atoms with Crippen LogP contribution in [0.15, 0.2) is 24.3 Å². The number of methoxy groups -OCH3 is 1. The van der Waals surface area contributed by atoms with E-state index in [-0.39, 0.29) is 12.5 Å². The molecule has 5 nitrogen and oxygen atoms in total. The van der Waals surface area contributed by atoms with E-state index in [2.05, 4.69) is 17.1 Å². The number of piperazine rings is 1. The van der Waals surface area contributed by atoms with Gasteiger partial charge >= 0.3 is 5.97 Å². The number of nitrogens with one attached hydrogen (secondary N) is 1. The SMILES string of the molecule is COc1cccc(N2CC(CC(=O)O)NCC2C)c1. The molecule has 19 heavy (non-hydrogen) atoms. The molecule has 2 unspecified atom stereocenters. The van der Waals surface area contributed by atoms with Crippen LogP contribution in [-0.4, -0.2) is 43.4 Å². The van der Waals surface area contributed by atoms with Crippen LogP contribution >= 0.6 is 0 Å². The molecule has 2 N–H and O–H groups in total. The van der Waals surface area contributed by atoms with E-state index >= 15 is 0 Å². The third-order valence-electron chi connectivity index (χ3n) is 3.46. The first kappa shape index (κ1) is 13.7. The summed E-state index contributed by atoms with van der Waals surface area (Å²) in [6.07, 6.45) is 0.146. The molecule has 1 aromatic carbocycles. The number of ether oxygens (including phenoxy) is 1. The molecular formula is C14H20N2O3. The highest BCUT2D eigenvalue weighted by Gasteiger charge is 2.26. The van der Waals surface area contributed by atoms with Crippen LogP contribution in [0.1, 0.15) is 13.3 Å². The Balaban J connectivity index is 2.13. The summed E-state index contributed by atoms with van der Waals surface area (Å²) in [4.78, 5) is 13.0. The van der Waals surface area contributed by atoms with Gasteiger partial charge < -0.3 is 20.1 Å². The van der Waals surface area contributed by atoms with Gasteiger partial charge in [0.15, 0.2) is 0 Å². The molecule has 2 rings (SSSR count). The van der Waals surface area contributed by atoms with E-state index in [1.807, 2.05) is 24.3 Å². The molecule has 104 valence electrons. The van der Waals surface area contributed by atoms with E-state index in [9.17, 15) is 4.79 Å². The van der Waals surface area contributed by atoms with Crippen molar-refractivity contribution in [3.05, 3.63) is 24.3 Å². The van der Waals surface area contributed by atoms with Gasteiger partial charge in [0, 0.05) is 36.9 Å². The van der Waals surface area contributed by atoms with Crippen LogP contribution in [0.3, 0.4) is 0 Å². The molecule has 1 heterocycles. The molecule has 2 atom stereocenters. The number of carboxylic acids is 1. The third kappa shape index (κ3) is 3.38. The van der Waals surface area contributed by atoms with Gasteiger partial charge in [-0.3, -0.25) is 4.79 Å². The van der Waals surface area contributed by atoms with Crippen LogP contribution in [0.5, 0.6) is 5.75 Å². The number of carbonyl (C=O) groups is 1. The fourth-order valence-corrected chi connectivity index (χ4v) is 2.43. The fraction of sp³-hybridized carbons (Fsp3) is 0.500. The van der Waals surface area contributed by atoms with Gasteiger partial charge in [-0.2, -0.15) is 0 Å². The molecular weight excluding hydrogens is 244 g/mol. The summed E-state index contributed by atoms with van der Waals surface area (Å²) in [5.74, 6) is 0.0515. The quantitative estimate of drug-likeness (QED) is 0.859. The zero-order valence-corrected chi connectivity index (χ0v) is 11.3. The van der Waals surface area contributed by atoms with Gasteiger partial charge in [-0.15, -0.1) is 0 Å². The predicted octanol–water partition coefficient (Wildman–Crippen LogP) is 1.34. The zero-order valence-electron chi connectivity index (χ0n) is 11.3. The lowest BCUT2D eigenvalue weighted by molar-refractivity contribution is -0.137. The van der Waals surface area contributed by atoms with Crippen molar-refractivity contribution in [2.75, 3.05) is 25.1 Å². The van der Waals surface area contributed by atoms with E-state index in [0.29, 0.717) is 12.6 Å². The number of benzene rings is 1. The molecule has 1 saturated heterocycles. The van der Waals surface area contributed by atoms with E-state index in [1.165, 1.54) is 0 Å². The Hall–Kier alpha value is -1.75. The lowest BCUT2D eigenvalue weighted by atomic mass is 10.1. The number of aliphatic carboxylic acids is 1. The van der Waals surface area contributed by atoms with E-state index in [4.69, 9.17) is 9.84 Å². The highest BCUT2D eigenvalue weighted by molar-refractivity contribution is 5.68. The minimum Gasteiger partial charge on any atom is -0.497 e. The standard InChI is InChI=1S/C14H20N2O3/c1-10-8-15-11(6-14(17)18)9-16(10)12-4-3-5-13(7-12)19-2/h3-5,7,10-11,15H,6,8-9H2,1-2H3,(H,17,18). The molecule has 0 aliphatic carbocycles. The number of hydrogen-bond acceptors (Lipinski definition) is 4.